The number of benzene rings is 1. The molecule has 32 heavy (non-hydrogen) atoms. The van der Waals surface area contributed by atoms with Crippen molar-refractivity contribution in [1.82, 2.24) is 0 Å². The van der Waals surface area contributed by atoms with Gasteiger partial charge in [0.25, 0.3) is 10.1 Å². The Morgan fingerprint density at radius 3 is 1.69 bits per heavy atom. The van der Waals surface area contributed by atoms with E-state index in [1.54, 1.807) is 24.3 Å². The van der Waals surface area contributed by atoms with Crippen LogP contribution >= 0.6 is 0 Å². The Balaban J connectivity index is 0.000000278. The summed E-state index contributed by atoms with van der Waals surface area (Å²) in [7, 11) is -0.958. The quantitative estimate of drug-likeness (QED) is 0.515. The van der Waals surface area contributed by atoms with Crippen LogP contribution in [-0.4, -0.2) is 51.9 Å². The molecule has 1 N–H and O–H groups in total. The highest BCUT2D eigenvalue weighted by atomic mass is 32.2. The van der Waals surface area contributed by atoms with E-state index in [9.17, 15) is 18.0 Å². The molecular formula is C23H34O8S. The molecule has 0 saturated heterocycles. The first-order valence-corrected chi connectivity index (χ1v) is 12.4. The number of esters is 2. The van der Waals surface area contributed by atoms with Crippen molar-refractivity contribution >= 4 is 22.1 Å². The average molecular weight is 471 g/mol. The molecule has 8 nitrogen and oxygen atoms in total. The minimum absolute atomic E-state index is 0.0309. The van der Waals surface area contributed by atoms with Crippen molar-refractivity contribution in [2.45, 2.75) is 75.4 Å². The van der Waals surface area contributed by atoms with Gasteiger partial charge < -0.3 is 14.6 Å². The van der Waals surface area contributed by atoms with E-state index in [0.717, 1.165) is 31.2 Å². The van der Waals surface area contributed by atoms with Crippen LogP contribution in [0.5, 0.6) is 0 Å². The van der Waals surface area contributed by atoms with Crippen LogP contribution in [0.4, 0.5) is 0 Å². The molecule has 3 rings (SSSR count). The highest BCUT2D eigenvalue weighted by molar-refractivity contribution is 7.86. The number of methoxy groups -OCH3 is 2. The molecule has 180 valence electrons. The van der Waals surface area contributed by atoms with Crippen LogP contribution in [0, 0.1) is 18.8 Å². The molecule has 0 aliphatic heterocycles. The maximum Gasteiger partial charge on any atom is 0.308 e. The van der Waals surface area contributed by atoms with Gasteiger partial charge in [-0.25, -0.2) is 0 Å². The van der Waals surface area contributed by atoms with E-state index in [4.69, 9.17) is 14.0 Å². The predicted octanol–water partition coefficient (Wildman–Crippen LogP) is 3.14. The lowest BCUT2D eigenvalue weighted by atomic mass is 9.88. The zero-order valence-corrected chi connectivity index (χ0v) is 19.8. The van der Waals surface area contributed by atoms with Gasteiger partial charge in [-0.15, -0.1) is 0 Å². The summed E-state index contributed by atoms with van der Waals surface area (Å²) in [5.41, 5.74) is 0.993. The zero-order valence-electron chi connectivity index (χ0n) is 19.0. The predicted molar refractivity (Wildman–Crippen MR) is 117 cm³/mol. The minimum atomic E-state index is -3.74. The van der Waals surface area contributed by atoms with Gasteiger partial charge in [0.15, 0.2) is 0 Å². The Morgan fingerprint density at radius 2 is 1.25 bits per heavy atom. The van der Waals surface area contributed by atoms with Gasteiger partial charge in [0.2, 0.25) is 0 Å². The maximum atomic E-state index is 12.2. The fraction of sp³-hybridized carbons (Fsp3) is 0.652. The molecular weight excluding hydrogens is 436 g/mol. The SMILES string of the molecule is COC(=O)C1CCC(O)CC1.COC(=O)C1CCC(OS(=O)(=O)c2ccc(C)cc2)CC1. The number of aliphatic hydroxyl groups is 1. The second-order valence-corrected chi connectivity index (χ2v) is 9.96. The number of ether oxygens (including phenoxy) is 2. The number of aryl methyl sites for hydroxylation is 1. The van der Waals surface area contributed by atoms with E-state index < -0.39 is 10.1 Å². The van der Waals surface area contributed by atoms with Crippen molar-refractivity contribution in [3.63, 3.8) is 0 Å². The number of carbonyl (C=O) groups excluding carboxylic acids is 2. The third-order valence-electron chi connectivity index (χ3n) is 6.01. The molecule has 1 aromatic carbocycles. The number of carbonyl (C=O) groups is 2. The molecule has 0 unspecified atom stereocenters. The van der Waals surface area contributed by atoms with Crippen molar-refractivity contribution in [3.8, 4) is 0 Å². The van der Waals surface area contributed by atoms with Crippen molar-refractivity contribution in [1.29, 1.82) is 0 Å². The van der Waals surface area contributed by atoms with E-state index in [1.165, 1.54) is 14.2 Å². The van der Waals surface area contributed by atoms with Gasteiger partial charge in [-0.05, 0) is 70.4 Å². The molecule has 2 aliphatic carbocycles. The van der Waals surface area contributed by atoms with Crippen molar-refractivity contribution in [2.24, 2.45) is 11.8 Å². The second kappa shape index (κ2) is 12.3. The Kier molecular flexibility index (Phi) is 10.1. The number of hydrogen-bond donors (Lipinski definition) is 1. The van der Waals surface area contributed by atoms with E-state index in [0.29, 0.717) is 25.7 Å². The fourth-order valence-electron chi connectivity index (χ4n) is 3.98. The number of rotatable bonds is 5. The average Bonchev–Trinajstić information content (AvgIpc) is 2.79. The lowest BCUT2D eigenvalue weighted by molar-refractivity contribution is -0.148. The zero-order chi connectivity index (χ0) is 23.7. The molecule has 0 radical (unpaired) electrons. The lowest BCUT2D eigenvalue weighted by Gasteiger charge is -2.26. The highest BCUT2D eigenvalue weighted by Crippen LogP contribution is 2.29. The van der Waals surface area contributed by atoms with Crippen LogP contribution in [-0.2, 0) is 33.4 Å². The Morgan fingerprint density at radius 1 is 0.812 bits per heavy atom. The van der Waals surface area contributed by atoms with Crippen LogP contribution in [0.2, 0.25) is 0 Å². The van der Waals surface area contributed by atoms with Crippen LogP contribution in [0.25, 0.3) is 0 Å². The van der Waals surface area contributed by atoms with Gasteiger partial charge in [0, 0.05) is 0 Å². The molecule has 0 aromatic heterocycles. The van der Waals surface area contributed by atoms with Crippen LogP contribution in [0.1, 0.15) is 56.9 Å². The van der Waals surface area contributed by atoms with E-state index >= 15 is 0 Å². The second-order valence-electron chi connectivity index (χ2n) is 8.39. The first kappa shape index (κ1) is 26.3. The smallest absolute Gasteiger partial charge is 0.308 e. The van der Waals surface area contributed by atoms with Crippen molar-refractivity contribution < 1.29 is 36.8 Å². The largest absolute Gasteiger partial charge is 0.469 e. The molecule has 2 saturated carbocycles. The van der Waals surface area contributed by atoms with E-state index in [1.807, 2.05) is 6.92 Å². The molecule has 0 heterocycles. The van der Waals surface area contributed by atoms with Crippen LogP contribution < -0.4 is 0 Å². The van der Waals surface area contributed by atoms with Crippen LogP contribution in [0.3, 0.4) is 0 Å². The Hall–Kier alpha value is -1.97. The number of hydrogen-bond acceptors (Lipinski definition) is 8. The van der Waals surface area contributed by atoms with E-state index in [2.05, 4.69) is 4.74 Å². The summed E-state index contributed by atoms with van der Waals surface area (Å²) in [5.74, 6) is -0.466. The normalized spacial score (nSPS) is 25.8. The molecule has 2 fully saturated rings. The molecule has 2 aliphatic rings. The summed E-state index contributed by atoms with van der Waals surface area (Å²) in [5, 5.41) is 9.13. The molecule has 0 bridgehead atoms. The molecule has 1 aromatic rings. The number of aliphatic hydroxyl groups excluding tert-OH is 1. The molecule has 0 amide bonds. The van der Waals surface area contributed by atoms with Crippen molar-refractivity contribution in [3.05, 3.63) is 29.8 Å². The maximum absolute atomic E-state index is 12.2. The summed E-state index contributed by atoms with van der Waals surface area (Å²) in [6.45, 7) is 1.89. The molecule has 0 spiro atoms. The fourth-order valence-corrected chi connectivity index (χ4v) is 5.11. The minimum Gasteiger partial charge on any atom is -0.469 e. The van der Waals surface area contributed by atoms with Crippen LogP contribution in [0.15, 0.2) is 29.2 Å². The Labute approximate surface area is 190 Å². The van der Waals surface area contributed by atoms with Gasteiger partial charge in [-0.2, -0.15) is 8.42 Å². The third kappa shape index (κ3) is 7.86. The summed E-state index contributed by atoms with van der Waals surface area (Å²) in [4.78, 5) is 22.6. The first-order valence-electron chi connectivity index (χ1n) is 11.0. The summed E-state index contributed by atoms with van der Waals surface area (Å²) in [6, 6.07) is 6.57. The van der Waals surface area contributed by atoms with Crippen molar-refractivity contribution in [2.75, 3.05) is 14.2 Å². The highest BCUT2D eigenvalue weighted by Gasteiger charge is 2.30. The standard InChI is InChI=1S/C15H20O5S.C8H14O3/c1-11-3-9-14(10-4-11)21(17,18)20-13-7-5-12(6-8-13)15(16)19-2;1-11-8(10)6-2-4-7(9)5-3-6/h3-4,9-10,12-13H,5-8H2,1-2H3;6-7,9H,2-5H2,1H3. The summed E-state index contributed by atoms with van der Waals surface area (Å²) < 4.78 is 38.9. The van der Waals surface area contributed by atoms with Gasteiger partial charge in [-0.3, -0.25) is 13.8 Å². The van der Waals surface area contributed by atoms with Gasteiger partial charge in [0.05, 0.1) is 43.2 Å². The third-order valence-corrected chi connectivity index (χ3v) is 7.39. The monoisotopic (exact) mass is 470 g/mol. The van der Waals surface area contributed by atoms with Gasteiger partial charge in [0.1, 0.15) is 0 Å². The van der Waals surface area contributed by atoms with Gasteiger partial charge in [-0.1, -0.05) is 17.7 Å². The Bertz CT molecular complexity index is 833. The topological polar surface area (TPSA) is 116 Å². The lowest BCUT2D eigenvalue weighted by Crippen LogP contribution is -2.28. The first-order chi connectivity index (χ1) is 15.2. The van der Waals surface area contributed by atoms with Gasteiger partial charge >= 0.3 is 11.9 Å². The molecule has 9 heteroatoms. The summed E-state index contributed by atoms with van der Waals surface area (Å²) in [6.07, 6.45) is 4.74. The van der Waals surface area contributed by atoms with E-state index in [-0.39, 0.29) is 40.9 Å². The molecule has 0 atom stereocenters. The summed E-state index contributed by atoms with van der Waals surface area (Å²) >= 11 is 0.